The van der Waals surface area contributed by atoms with Gasteiger partial charge in [-0.15, -0.1) is 0 Å². The Balaban J connectivity index is 1.86. The monoisotopic (exact) mass is 338 g/mol. The van der Waals surface area contributed by atoms with E-state index in [4.69, 9.17) is 11.6 Å². The number of rotatable bonds is 5. The van der Waals surface area contributed by atoms with Gasteiger partial charge in [-0.05, 0) is 43.1 Å². The van der Waals surface area contributed by atoms with Gasteiger partial charge in [0.15, 0.2) is 0 Å². The Kier molecular flexibility index (Phi) is 5.37. The average molecular weight is 340 g/mol. The highest BCUT2D eigenvalue weighted by Crippen LogP contribution is 2.17. The third-order valence-electron chi connectivity index (χ3n) is 3.05. The molecule has 1 aromatic carbocycles. The van der Waals surface area contributed by atoms with Crippen molar-refractivity contribution < 1.29 is 0 Å². The lowest BCUT2D eigenvalue weighted by Gasteiger charge is -2.14. The fourth-order valence-electron chi connectivity index (χ4n) is 1.89. The van der Waals surface area contributed by atoms with Gasteiger partial charge in [0, 0.05) is 16.7 Å². The first-order valence-corrected chi connectivity index (χ1v) is 7.42. The van der Waals surface area contributed by atoms with E-state index in [1.165, 1.54) is 5.56 Å². The van der Waals surface area contributed by atoms with Crippen LogP contribution in [0.2, 0.25) is 5.15 Å². The molecule has 1 atom stereocenters. The van der Waals surface area contributed by atoms with Crippen molar-refractivity contribution in [2.75, 3.05) is 6.54 Å². The quantitative estimate of drug-likeness (QED) is 0.817. The van der Waals surface area contributed by atoms with E-state index < -0.39 is 0 Å². The van der Waals surface area contributed by atoms with Crippen LogP contribution in [0.5, 0.6) is 0 Å². The van der Waals surface area contributed by atoms with Crippen molar-refractivity contribution in [2.24, 2.45) is 0 Å². The summed E-state index contributed by atoms with van der Waals surface area (Å²) < 4.78 is 1.16. The zero-order valence-corrected chi connectivity index (χ0v) is 13.1. The molecule has 19 heavy (non-hydrogen) atoms. The number of pyridine rings is 1. The van der Waals surface area contributed by atoms with Gasteiger partial charge in [-0.25, -0.2) is 4.98 Å². The molecule has 0 aliphatic heterocycles. The fourth-order valence-corrected chi connectivity index (χ4v) is 2.48. The third-order valence-corrected chi connectivity index (χ3v) is 4.05. The van der Waals surface area contributed by atoms with E-state index in [0.717, 1.165) is 23.0 Å². The number of benzene rings is 1. The van der Waals surface area contributed by atoms with Gasteiger partial charge in [0.25, 0.3) is 0 Å². The molecule has 0 radical (unpaired) electrons. The molecule has 0 saturated carbocycles. The second-order valence-corrected chi connectivity index (χ2v) is 5.67. The van der Waals surface area contributed by atoms with E-state index in [2.05, 4.69) is 51.4 Å². The summed E-state index contributed by atoms with van der Waals surface area (Å²) >= 11 is 9.35. The van der Waals surface area contributed by atoms with E-state index in [9.17, 15) is 0 Å². The minimum absolute atomic E-state index is 0.271. The molecule has 4 heteroatoms. The van der Waals surface area contributed by atoms with Crippen LogP contribution in [0.4, 0.5) is 0 Å². The van der Waals surface area contributed by atoms with E-state index >= 15 is 0 Å². The second kappa shape index (κ2) is 7.04. The summed E-state index contributed by atoms with van der Waals surface area (Å²) in [5.74, 6) is 0. The smallest absolute Gasteiger partial charge is 0.129 e. The van der Waals surface area contributed by atoms with E-state index in [1.807, 2.05) is 24.4 Å². The van der Waals surface area contributed by atoms with Crippen LogP contribution >= 0.6 is 27.5 Å². The number of nitrogens with one attached hydrogen (secondary N) is 1. The molecule has 0 aliphatic carbocycles. The first-order valence-electron chi connectivity index (χ1n) is 6.25. The number of hydrogen-bond acceptors (Lipinski definition) is 2. The Bertz CT molecular complexity index is 528. The standard InChI is InChI=1S/C15H16BrClN2/c1-11(13-6-7-15(17)19-10-13)18-9-8-12-4-2-3-5-14(12)16/h2-7,10-11,18H,8-9H2,1H3/t11-/m1/s1. The second-order valence-electron chi connectivity index (χ2n) is 4.43. The molecular weight excluding hydrogens is 324 g/mol. The van der Waals surface area contributed by atoms with Gasteiger partial charge in [0.2, 0.25) is 0 Å². The van der Waals surface area contributed by atoms with Crippen LogP contribution in [0, 0.1) is 0 Å². The van der Waals surface area contributed by atoms with Crippen molar-refractivity contribution in [1.29, 1.82) is 0 Å². The summed E-state index contributed by atoms with van der Waals surface area (Å²) in [6, 6.07) is 12.4. The van der Waals surface area contributed by atoms with Crippen molar-refractivity contribution in [2.45, 2.75) is 19.4 Å². The van der Waals surface area contributed by atoms with Crippen LogP contribution in [0.25, 0.3) is 0 Å². The summed E-state index contributed by atoms with van der Waals surface area (Å²) in [5, 5.41) is 4.02. The summed E-state index contributed by atoms with van der Waals surface area (Å²) in [6.07, 6.45) is 2.81. The van der Waals surface area contributed by atoms with Crippen molar-refractivity contribution in [3.05, 3.63) is 63.3 Å². The van der Waals surface area contributed by atoms with Gasteiger partial charge >= 0.3 is 0 Å². The molecule has 0 unspecified atom stereocenters. The van der Waals surface area contributed by atoms with Gasteiger partial charge in [-0.1, -0.05) is 51.8 Å². The lowest BCUT2D eigenvalue weighted by atomic mass is 10.1. The van der Waals surface area contributed by atoms with E-state index in [-0.39, 0.29) is 6.04 Å². The highest BCUT2D eigenvalue weighted by atomic mass is 79.9. The minimum atomic E-state index is 0.271. The first-order chi connectivity index (χ1) is 9.16. The highest BCUT2D eigenvalue weighted by Gasteiger charge is 2.05. The molecule has 0 bridgehead atoms. The lowest BCUT2D eigenvalue weighted by molar-refractivity contribution is 0.575. The summed E-state index contributed by atoms with van der Waals surface area (Å²) in [4.78, 5) is 4.10. The normalized spacial score (nSPS) is 12.4. The predicted octanol–water partition coefficient (Wildman–Crippen LogP) is 4.39. The molecule has 100 valence electrons. The summed E-state index contributed by atoms with van der Waals surface area (Å²) in [7, 11) is 0. The SMILES string of the molecule is C[C@@H](NCCc1ccccc1Br)c1ccc(Cl)nc1. The lowest BCUT2D eigenvalue weighted by Crippen LogP contribution is -2.21. The number of halogens is 2. The molecular formula is C15H16BrClN2. The molecule has 1 aromatic heterocycles. The van der Waals surface area contributed by atoms with Crippen molar-refractivity contribution in [3.8, 4) is 0 Å². The van der Waals surface area contributed by atoms with Gasteiger partial charge in [-0.3, -0.25) is 0 Å². The molecule has 0 spiro atoms. The summed E-state index contributed by atoms with van der Waals surface area (Å²) in [6.45, 7) is 3.05. The largest absolute Gasteiger partial charge is 0.310 e. The van der Waals surface area contributed by atoms with E-state index in [0.29, 0.717) is 5.15 Å². The Morgan fingerprint density at radius 2 is 2.05 bits per heavy atom. The van der Waals surface area contributed by atoms with Gasteiger partial charge in [0.1, 0.15) is 5.15 Å². The van der Waals surface area contributed by atoms with Crippen LogP contribution in [-0.2, 0) is 6.42 Å². The molecule has 0 amide bonds. The molecule has 2 nitrogen and oxygen atoms in total. The molecule has 1 heterocycles. The maximum atomic E-state index is 5.78. The van der Waals surface area contributed by atoms with Crippen molar-refractivity contribution >= 4 is 27.5 Å². The molecule has 0 saturated heterocycles. The van der Waals surface area contributed by atoms with Gasteiger partial charge in [-0.2, -0.15) is 0 Å². The van der Waals surface area contributed by atoms with Crippen LogP contribution < -0.4 is 5.32 Å². The Labute approximate surface area is 127 Å². The Hall–Kier alpha value is -0.900. The molecule has 0 aliphatic rings. The van der Waals surface area contributed by atoms with E-state index in [1.54, 1.807) is 0 Å². The Morgan fingerprint density at radius 1 is 1.26 bits per heavy atom. The molecule has 1 N–H and O–H groups in total. The average Bonchev–Trinajstić information content (AvgIpc) is 2.41. The van der Waals surface area contributed by atoms with Crippen LogP contribution in [0.3, 0.4) is 0 Å². The van der Waals surface area contributed by atoms with Crippen molar-refractivity contribution in [3.63, 3.8) is 0 Å². The van der Waals surface area contributed by atoms with Crippen LogP contribution in [0.15, 0.2) is 47.1 Å². The van der Waals surface area contributed by atoms with Crippen LogP contribution in [-0.4, -0.2) is 11.5 Å². The molecule has 0 fully saturated rings. The topological polar surface area (TPSA) is 24.9 Å². The number of aromatic nitrogens is 1. The van der Waals surface area contributed by atoms with Crippen molar-refractivity contribution in [1.82, 2.24) is 10.3 Å². The zero-order valence-electron chi connectivity index (χ0n) is 10.7. The minimum Gasteiger partial charge on any atom is -0.310 e. The van der Waals surface area contributed by atoms with Crippen LogP contribution in [0.1, 0.15) is 24.1 Å². The predicted molar refractivity (Wildman–Crippen MR) is 83.5 cm³/mol. The number of hydrogen-bond donors (Lipinski definition) is 1. The Morgan fingerprint density at radius 3 is 2.74 bits per heavy atom. The molecule has 2 aromatic rings. The zero-order chi connectivity index (χ0) is 13.7. The first kappa shape index (κ1) is 14.5. The maximum absolute atomic E-state index is 5.78. The summed E-state index contributed by atoms with van der Waals surface area (Å²) in [5.41, 5.74) is 2.47. The van der Waals surface area contributed by atoms with Gasteiger partial charge in [0.05, 0.1) is 0 Å². The highest BCUT2D eigenvalue weighted by molar-refractivity contribution is 9.10. The van der Waals surface area contributed by atoms with Gasteiger partial charge < -0.3 is 5.32 Å². The number of nitrogens with zero attached hydrogens (tertiary/aromatic N) is 1. The molecule has 2 rings (SSSR count). The maximum Gasteiger partial charge on any atom is 0.129 e. The third kappa shape index (κ3) is 4.30. The fraction of sp³-hybridized carbons (Fsp3) is 0.267.